The van der Waals surface area contributed by atoms with E-state index in [-0.39, 0.29) is 16.7 Å². The largest absolute Gasteiger partial charge is 0.381 e. The van der Waals surface area contributed by atoms with Gasteiger partial charge in [-0.25, -0.2) is 13.2 Å². The molecule has 1 N–H and O–H groups in total. The summed E-state index contributed by atoms with van der Waals surface area (Å²) in [5, 5.41) is 11.5. The predicted molar refractivity (Wildman–Crippen MR) is 116 cm³/mol. The Labute approximate surface area is 186 Å². The van der Waals surface area contributed by atoms with Crippen LogP contribution in [0.3, 0.4) is 0 Å². The van der Waals surface area contributed by atoms with Crippen molar-refractivity contribution in [1.82, 2.24) is 15.1 Å². The monoisotopic (exact) mass is 446 g/mol. The van der Waals surface area contributed by atoms with Crippen molar-refractivity contribution in [3.05, 3.63) is 41.7 Å². The Morgan fingerprint density at radius 2 is 1.91 bits per heavy atom. The molecule has 8 heteroatoms. The molecule has 1 unspecified atom stereocenters. The minimum atomic E-state index is -1.24. The number of anilines is 1. The Morgan fingerprint density at radius 1 is 1.12 bits per heavy atom. The van der Waals surface area contributed by atoms with Crippen LogP contribution < -0.4 is 5.32 Å². The minimum absolute atomic E-state index is 0.102. The molecule has 2 aromatic rings. The van der Waals surface area contributed by atoms with E-state index in [1.807, 2.05) is 0 Å². The zero-order valence-electron chi connectivity index (χ0n) is 18.3. The minimum Gasteiger partial charge on any atom is -0.381 e. The van der Waals surface area contributed by atoms with Crippen LogP contribution in [0.25, 0.3) is 11.3 Å². The lowest BCUT2D eigenvalue weighted by Gasteiger charge is -2.37. The van der Waals surface area contributed by atoms with Gasteiger partial charge in [0, 0.05) is 49.3 Å². The van der Waals surface area contributed by atoms with Crippen molar-refractivity contribution in [3.63, 3.8) is 0 Å². The Hall–Kier alpha value is -2.19. The number of nitrogens with one attached hydrogen (secondary N) is 1. The van der Waals surface area contributed by atoms with Crippen molar-refractivity contribution in [2.45, 2.75) is 38.6 Å². The quantitative estimate of drug-likeness (QED) is 0.686. The summed E-state index contributed by atoms with van der Waals surface area (Å²) in [5.74, 6) is -1.25. The van der Waals surface area contributed by atoms with Gasteiger partial charge in [-0.2, -0.15) is 0 Å². The maximum absolute atomic E-state index is 14.0. The normalized spacial score (nSPS) is 30.4. The summed E-state index contributed by atoms with van der Waals surface area (Å²) in [5.41, 5.74) is 0.148. The number of fused-ring (bicyclic) bond motifs is 1. The average molecular weight is 447 g/mol. The van der Waals surface area contributed by atoms with Crippen molar-refractivity contribution in [3.8, 4) is 11.3 Å². The standard InChI is InChI=1S/C24H29F3N4O/c1-24(5-2-6-32-14-24)13-31-11-15-7-18(8-16(15)12-31)28-22-4-3-21(29-30-22)19-9-17(25)10-20(26)23(19)27/h3-4,9-10,15-16,18H,2,5-8,11-14H2,1H3,(H,28,30)/t15-,16+,18+,24?. The first-order valence-corrected chi connectivity index (χ1v) is 11.4. The van der Waals surface area contributed by atoms with Crippen LogP contribution in [0.2, 0.25) is 0 Å². The lowest BCUT2D eigenvalue weighted by molar-refractivity contribution is -0.0142. The van der Waals surface area contributed by atoms with Crippen molar-refractivity contribution in [2.24, 2.45) is 17.3 Å². The van der Waals surface area contributed by atoms with Gasteiger partial charge in [0.1, 0.15) is 11.6 Å². The molecule has 1 saturated carbocycles. The molecule has 0 radical (unpaired) electrons. The Bertz CT molecular complexity index is 950. The molecule has 2 aliphatic heterocycles. The van der Waals surface area contributed by atoms with Crippen LogP contribution >= 0.6 is 0 Å². The first kappa shape index (κ1) is 21.6. The second-order valence-corrected chi connectivity index (χ2v) is 10.0. The number of ether oxygens (including phenoxy) is 1. The summed E-state index contributed by atoms with van der Waals surface area (Å²) in [6, 6.07) is 5.00. The molecular weight excluding hydrogens is 417 g/mol. The third kappa shape index (κ3) is 4.48. The molecular formula is C24H29F3N4O. The summed E-state index contributed by atoms with van der Waals surface area (Å²) in [7, 11) is 0. The van der Waals surface area contributed by atoms with E-state index >= 15 is 0 Å². The number of benzene rings is 1. The van der Waals surface area contributed by atoms with Gasteiger partial charge in [0.25, 0.3) is 0 Å². The number of hydrogen-bond acceptors (Lipinski definition) is 5. The van der Waals surface area contributed by atoms with E-state index in [2.05, 4.69) is 27.3 Å². The fourth-order valence-electron chi connectivity index (χ4n) is 5.80. The zero-order chi connectivity index (χ0) is 22.3. The summed E-state index contributed by atoms with van der Waals surface area (Å²) < 4.78 is 46.7. The highest BCUT2D eigenvalue weighted by Crippen LogP contribution is 2.41. The molecule has 172 valence electrons. The molecule has 0 amide bonds. The van der Waals surface area contributed by atoms with E-state index in [1.165, 1.54) is 12.5 Å². The van der Waals surface area contributed by atoms with E-state index in [4.69, 9.17) is 4.74 Å². The Balaban J connectivity index is 1.16. The molecule has 32 heavy (non-hydrogen) atoms. The van der Waals surface area contributed by atoms with Crippen LogP contribution in [-0.4, -0.2) is 54.0 Å². The van der Waals surface area contributed by atoms with Gasteiger partial charge in [-0.1, -0.05) is 6.92 Å². The van der Waals surface area contributed by atoms with Crippen LogP contribution in [0.5, 0.6) is 0 Å². The van der Waals surface area contributed by atoms with Gasteiger partial charge in [0.05, 0.1) is 12.3 Å². The number of halogens is 3. The summed E-state index contributed by atoms with van der Waals surface area (Å²) in [6.07, 6.45) is 4.57. The van der Waals surface area contributed by atoms with Crippen molar-refractivity contribution in [1.29, 1.82) is 0 Å². The smallest absolute Gasteiger partial charge is 0.168 e. The maximum Gasteiger partial charge on any atom is 0.168 e. The van der Waals surface area contributed by atoms with Gasteiger partial charge in [-0.3, -0.25) is 0 Å². The maximum atomic E-state index is 14.0. The highest BCUT2D eigenvalue weighted by atomic mass is 19.2. The topological polar surface area (TPSA) is 50.3 Å². The molecule has 5 nitrogen and oxygen atoms in total. The van der Waals surface area contributed by atoms with Crippen LogP contribution in [0, 0.1) is 34.7 Å². The summed E-state index contributed by atoms with van der Waals surface area (Å²) in [6.45, 7) is 7.48. The SMILES string of the molecule is CC1(CN2C[C@H]3C[C@H](Nc4ccc(-c5cc(F)cc(F)c5F)nn4)C[C@H]3C2)CCCOC1. The first-order chi connectivity index (χ1) is 15.4. The highest BCUT2D eigenvalue weighted by Gasteiger charge is 2.42. The van der Waals surface area contributed by atoms with E-state index in [0.29, 0.717) is 29.8 Å². The molecule has 3 fully saturated rings. The predicted octanol–water partition coefficient (Wildman–Crippen LogP) is 4.50. The fraction of sp³-hybridized carbons (Fsp3) is 0.583. The first-order valence-electron chi connectivity index (χ1n) is 11.4. The van der Waals surface area contributed by atoms with Gasteiger partial charge in [-0.05, 0) is 55.7 Å². The van der Waals surface area contributed by atoms with Crippen LogP contribution in [-0.2, 0) is 4.74 Å². The Kier molecular flexibility index (Phi) is 5.84. The van der Waals surface area contributed by atoms with Gasteiger partial charge in [0.15, 0.2) is 11.6 Å². The lowest BCUT2D eigenvalue weighted by Crippen LogP contribution is -2.41. The van der Waals surface area contributed by atoms with Gasteiger partial charge < -0.3 is 15.0 Å². The number of nitrogens with zero attached hydrogens (tertiary/aromatic N) is 3. The molecule has 1 aromatic heterocycles. The second-order valence-electron chi connectivity index (χ2n) is 10.0. The van der Waals surface area contributed by atoms with E-state index in [9.17, 15) is 13.2 Å². The third-order valence-electron chi connectivity index (χ3n) is 7.24. The molecule has 0 spiro atoms. The summed E-state index contributed by atoms with van der Waals surface area (Å²) in [4.78, 5) is 2.61. The lowest BCUT2D eigenvalue weighted by atomic mass is 9.84. The third-order valence-corrected chi connectivity index (χ3v) is 7.24. The molecule has 4 atom stereocenters. The molecule has 0 bridgehead atoms. The van der Waals surface area contributed by atoms with E-state index in [0.717, 1.165) is 58.2 Å². The molecule has 2 saturated heterocycles. The fourth-order valence-corrected chi connectivity index (χ4v) is 5.80. The highest BCUT2D eigenvalue weighted by molar-refractivity contribution is 5.60. The van der Waals surface area contributed by atoms with E-state index in [1.54, 1.807) is 6.07 Å². The molecule has 1 aliphatic carbocycles. The number of aromatic nitrogens is 2. The summed E-state index contributed by atoms with van der Waals surface area (Å²) >= 11 is 0. The molecule has 1 aromatic carbocycles. The van der Waals surface area contributed by atoms with Crippen molar-refractivity contribution < 1.29 is 17.9 Å². The number of hydrogen-bond donors (Lipinski definition) is 1. The molecule has 3 aliphatic rings. The van der Waals surface area contributed by atoms with E-state index < -0.39 is 17.5 Å². The van der Waals surface area contributed by atoms with Crippen LogP contribution in [0.1, 0.15) is 32.6 Å². The Morgan fingerprint density at radius 3 is 2.56 bits per heavy atom. The molecule has 3 heterocycles. The van der Waals surface area contributed by atoms with Gasteiger partial charge >= 0.3 is 0 Å². The van der Waals surface area contributed by atoms with Crippen LogP contribution in [0.4, 0.5) is 19.0 Å². The average Bonchev–Trinajstić information content (AvgIpc) is 3.29. The van der Waals surface area contributed by atoms with Crippen molar-refractivity contribution in [2.75, 3.05) is 38.2 Å². The number of rotatable bonds is 5. The van der Waals surface area contributed by atoms with Crippen LogP contribution in [0.15, 0.2) is 24.3 Å². The zero-order valence-corrected chi connectivity index (χ0v) is 18.3. The second kappa shape index (κ2) is 8.63. The van der Waals surface area contributed by atoms with Gasteiger partial charge in [-0.15, -0.1) is 10.2 Å². The number of likely N-dealkylation sites (tertiary alicyclic amines) is 1. The van der Waals surface area contributed by atoms with Gasteiger partial charge in [0.2, 0.25) is 0 Å². The molecule has 5 rings (SSSR count). The van der Waals surface area contributed by atoms with Crippen molar-refractivity contribution >= 4 is 5.82 Å².